The van der Waals surface area contributed by atoms with E-state index in [4.69, 9.17) is 0 Å². The third-order valence-corrected chi connectivity index (χ3v) is 3.68. The van der Waals surface area contributed by atoms with Crippen LogP contribution in [0.25, 0.3) is 0 Å². The molecule has 1 heterocycles. The Kier molecular flexibility index (Phi) is 2.54. The van der Waals surface area contributed by atoms with E-state index in [0.29, 0.717) is 18.4 Å². The van der Waals surface area contributed by atoms with Crippen LogP contribution >= 0.6 is 0 Å². The van der Waals surface area contributed by atoms with Crippen molar-refractivity contribution in [3.63, 3.8) is 0 Å². The molecule has 0 bridgehead atoms. The van der Waals surface area contributed by atoms with Gasteiger partial charge in [0.1, 0.15) is 0 Å². The van der Waals surface area contributed by atoms with Crippen molar-refractivity contribution in [2.45, 2.75) is 31.3 Å². The summed E-state index contributed by atoms with van der Waals surface area (Å²) in [5, 5.41) is 3.50. The summed E-state index contributed by atoms with van der Waals surface area (Å²) in [6.45, 7) is 2.64. The van der Waals surface area contributed by atoms with E-state index in [1.807, 2.05) is 0 Å². The molecule has 1 aliphatic rings. The molecule has 0 saturated heterocycles. The fourth-order valence-corrected chi connectivity index (χ4v) is 2.72. The van der Waals surface area contributed by atoms with Crippen LogP contribution in [0.4, 0.5) is 3.89 Å². The monoisotopic (exact) mass is 232 g/mol. The maximum absolute atomic E-state index is 12.8. The summed E-state index contributed by atoms with van der Waals surface area (Å²) in [4.78, 5) is 0. The van der Waals surface area contributed by atoms with Crippen molar-refractivity contribution < 1.29 is 12.3 Å². The molecule has 1 fully saturated rings. The van der Waals surface area contributed by atoms with Gasteiger partial charge in [-0.05, 0) is 30.7 Å². The van der Waals surface area contributed by atoms with Gasteiger partial charge in [0.2, 0.25) is 0 Å². The van der Waals surface area contributed by atoms with Gasteiger partial charge < -0.3 is 0 Å². The molecule has 0 aliphatic heterocycles. The Balaban J connectivity index is 2.12. The number of nitrogens with zero attached hydrogens (tertiary/aromatic N) is 2. The van der Waals surface area contributed by atoms with Gasteiger partial charge in [-0.2, -0.15) is 13.5 Å². The van der Waals surface area contributed by atoms with Crippen LogP contribution in [0.15, 0.2) is 17.3 Å². The Bertz CT molecular complexity index is 448. The molecule has 1 aliphatic carbocycles. The molecule has 0 amide bonds. The largest absolute Gasteiger partial charge is 0.349 e. The average molecular weight is 232 g/mol. The Labute approximate surface area is 88.3 Å². The SMILES string of the molecule is CC1CC(Cn2nccc2S(=O)(=O)F)C1. The minimum atomic E-state index is -4.63. The molecule has 1 aromatic rings. The van der Waals surface area contributed by atoms with Gasteiger partial charge >= 0.3 is 10.2 Å². The van der Waals surface area contributed by atoms with Gasteiger partial charge in [-0.25, -0.2) is 0 Å². The van der Waals surface area contributed by atoms with E-state index < -0.39 is 10.2 Å². The highest BCUT2D eigenvalue weighted by atomic mass is 32.3. The second-order valence-electron chi connectivity index (χ2n) is 4.23. The van der Waals surface area contributed by atoms with Crippen LogP contribution in [-0.2, 0) is 16.8 Å². The first-order valence-corrected chi connectivity index (χ1v) is 6.31. The third kappa shape index (κ3) is 2.19. The van der Waals surface area contributed by atoms with Crippen molar-refractivity contribution in [3.8, 4) is 0 Å². The van der Waals surface area contributed by atoms with Crippen LogP contribution in [0.5, 0.6) is 0 Å². The maximum Gasteiger partial charge on any atom is 0.349 e. The van der Waals surface area contributed by atoms with E-state index in [0.717, 1.165) is 12.8 Å². The van der Waals surface area contributed by atoms with Crippen LogP contribution < -0.4 is 0 Å². The zero-order valence-electron chi connectivity index (χ0n) is 8.43. The van der Waals surface area contributed by atoms with Gasteiger partial charge in [0.25, 0.3) is 0 Å². The first kappa shape index (κ1) is 10.6. The first-order chi connectivity index (χ1) is 6.97. The molecule has 0 N–H and O–H groups in total. The molecule has 4 nitrogen and oxygen atoms in total. The van der Waals surface area contributed by atoms with E-state index in [1.54, 1.807) is 0 Å². The van der Waals surface area contributed by atoms with E-state index in [9.17, 15) is 12.3 Å². The molecule has 0 atom stereocenters. The lowest BCUT2D eigenvalue weighted by Gasteiger charge is -2.32. The van der Waals surface area contributed by atoms with Crippen LogP contribution in [0.2, 0.25) is 0 Å². The minimum absolute atomic E-state index is 0.331. The van der Waals surface area contributed by atoms with Crippen LogP contribution in [0.1, 0.15) is 19.8 Å². The molecule has 0 aromatic carbocycles. The standard InChI is InChI=1S/C9H13FN2O2S/c1-7-4-8(5-7)6-12-9(2-3-11-12)15(10,13)14/h2-3,7-8H,4-6H2,1H3. The van der Waals surface area contributed by atoms with Crippen molar-refractivity contribution in [2.24, 2.45) is 11.8 Å². The first-order valence-electron chi connectivity index (χ1n) is 4.93. The molecule has 0 spiro atoms. The highest BCUT2D eigenvalue weighted by Crippen LogP contribution is 2.34. The molecule has 2 rings (SSSR count). The summed E-state index contributed by atoms with van der Waals surface area (Å²) in [7, 11) is -4.63. The van der Waals surface area contributed by atoms with E-state index in [-0.39, 0.29) is 5.03 Å². The van der Waals surface area contributed by atoms with Gasteiger partial charge in [-0.1, -0.05) is 10.8 Å². The molecule has 0 radical (unpaired) electrons. The van der Waals surface area contributed by atoms with E-state index >= 15 is 0 Å². The van der Waals surface area contributed by atoms with Crippen LogP contribution in [0, 0.1) is 11.8 Å². The lowest BCUT2D eigenvalue weighted by atomic mass is 9.76. The summed E-state index contributed by atoms with van der Waals surface area (Å²) in [6.07, 6.45) is 3.44. The summed E-state index contributed by atoms with van der Waals surface area (Å²) in [6, 6.07) is 1.19. The maximum atomic E-state index is 12.8. The third-order valence-electron chi connectivity index (χ3n) is 2.83. The molecule has 1 aromatic heterocycles. The van der Waals surface area contributed by atoms with E-state index in [1.165, 1.54) is 16.9 Å². The summed E-state index contributed by atoms with van der Waals surface area (Å²) in [5.41, 5.74) is 0. The molecule has 0 unspecified atom stereocenters. The highest BCUT2D eigenvalue weighted by Gasteiger charge is 2.28. The summed E-state index contributed by atoms with van der Waals surface area (Å²) >= 11 is 0. The Morgan fingerprint density at radius 3 is 2.80 bits per heavy atom. The van der Waals surface area contributed by atoms with Crippen molar-refractivity contribution >= 4 is 10.2 Å². The van der Waals surface area contributed by atoms with E-state index in [2.05, 4.69) is 12.0 Å². The highest BCUT2D eigenvalue weighted by molar-refractivity contribution is 7.86. The van der Waals surface area contributed by atoms with Gasteiger partial charge in [0, 0.05) is 6.54 Å². The van der Waals surface area contributed by atoms with Crippen LogP contribution in [0.3, 0.4) is 0 Å². The van der Waals surface area contributed by atoms with Crippen LogP contribution in [-0.4, -0.2) is 18.2 Å². The Morgan fingerprint density at radius 1 is 1.60 bits per heavy atom. The quantitative estimate of drug-likeness (QED) is 0.743. The Hall–Kier alpha value is -0.910. The van der Waals surface area contributed by atoms with Gasteiger partial charge in [0.15, 0.2) is 5.03 Å². The van der Waals surface area contributed by atoms with Gasteiger partial charge in [-0.3, -0.25) is 4.68 Å². The molecule has 6 heteroatoms. The lowest BCUT2D eigenvalue weighted by molar-refractivity contribution is 0.177. The van der Waals surface area contributed by atoms with Gasteiger partial charge in [-0.15, -0.1) is 0 Å². The zero-order chi connectivity index (χ0) is 11.1. The molecule has 15 heavy (non-hydrogen) atoms. The second kappa shape index (κ2) is 3.59. The number of aromatic nitrogens is 2. The smallest absolute Gasteiger partial charge is 0.252 e. The number of hydrogen-bond donors (Lipinski definition) is 0. The molecular formula is C9H13FN2O2S. The normalized spacial score (nSPS) is 26.3. The lowest BCUT2D eigenvalue weighted by Crippen LogP contribution is -2.26. The average Bonchev–Trinajstić information content (AvgIpc) is 2.48. The van der Waals surface area contributed by atoms with Crippen molar-refractivity contribution in [2.75, 3.05) is 0 Å². The zero-order valence-corrected chi connectivity index (χ0v) is 9.24. The fraction of sp³-hybridized carbons (Fsp3) is 0.667. The topological polar surface area (TPSA) is 52.0 Å². The Morgan fingerprint density at radius 2 is 2.27 bits per heavy atom. The fourth-order valence-electron chi connectivity index (χ4n) is 2.13. The van der Waals surface area contributed by atoms with Crippen molar-refractivity contribution in [3.05, 3.63) is 12.3 Å². The predicted molar refractivity (Wildman–Crippen MR) is 52.4 cm³/mol. The summed E-state index contributed by atoms with van der Waals surface area (Å²) < 4.78 is 35.5. The number of halogens is 1. The molecular weight excluding hydrogens is 219 g/mol. The number of hydrogen-bond acceptors (Lipinski definition) is 3. The second-order valence-corrected chi connectivity index (χ2v) is 5.53. The van der Waals surface area contributed by atoms with Crippen molar-refractivity contribution in [1.82, 2.24) is 9.78 Å². The molecule has 84 valence electrons. The molecule has 1 saturated carbocycles. The predicted octanol–water partition coefficient (Wildman–Crippen LogP) is 1.59. The minimum Gasteiger partial charge on any atom is -0.252 e. The van der Waals surface area contributed by atoms with Gasteiger partial charge in [0.05, 0.1) is 6.20 Å². The van der Waals surface area contributed by atoms with Crippen molar-refractivity contribution in [1.29, 1.82) is 0 Å². The number of rotatable bonds is 3. The summed E-state index contributed by atoms with van der Waals surface area (Å²) in [5.74, 6) is 1.12.